The molecule has 0 unspecified atom stereocenters. The molecule has 1 aromatic heterocycles. The fraction of sp³-hybridized carbons (Fsp3) is 0.545. The van der Waals surface area contributed by atoms with Gasteiger partial charge >= 0.3 is 11.9 Å². The predicted molar refractivity (Wildman–Crippen MR) is 106 cm³/mol. The van der Waals surface area contributed by atoms with Crippen LogP contribution in [0.15, 0.2) is 30.5 Å². The van der Waals surface area contributed by atoms with Crippen LogP contribution in [-0.4, -0.2) is 44.2 Å². The van der Waals surface area contributed by atoms with E-state index in [-0.39, 0.29) is 23.4 Å². The highest BCUT2D eigenvalue weighted by molar-refractivity contribution is 5.90. The maximum absolute atomic E-state index is 12.4. The Bertz CT molecular complexity index is 947. The van der Waals surface area contributed by atoms with Gasteiger partial charge in [-0.25, -0.2) is 0 Å². The first-order chi connectivity index (χ1) is 13.1. The van der Waals surface area contributed by atoms with Gasteiger partial charge in [0, 0.05) is 35.2 Å². The topological polar surface area (TPSA) is 82.8 Å². The van der Waals surface area contributed by atoms with E-state index < -0.39 is 18.0 Å². The van der Waals surface area contributed by atoms with Crippen molar-refractivity contribution in [3.63, 3.8) is 0 Å². The Labute approximate surface area is 164 Å². The third-order valence-electron chi connectivity index (χ3n) is 6.44. The van der Waals surface area contributed by atoms with Crippen molar-refractivity contribution in [1.82, 2.24) is 9.47 Å². The molecule has 0 amide bonds. The number of rotatable bonds is 5. The van der Waals surface area contributed by atoms with Crippen LogP contribution in [0.3, 0.4) is 0 Å². The zero-order valence-electron chi connectivity index (χ0n) is 16.7. The van der Waals surface area contributed by atoms with Crippen molar-refractivity contribution >= 4 is 22.8 Å². The van der Waals surface area contributed by atoms with Gasteiger partial charge in [-0.2, -0.15) is 0 Å². The monoisotopic (exact) mass is 384 g/mol. The van der Waals surface area contributed by atoms with Crippen LogP contribution in [-0.2, 0) is 16.1 Å². The maximum Gasteiger partial charge on any atom is 0.325 e. The second-order valence-electron chi connectivity index (χ2n) is 9.75. The van der Waals surface area contributed by atoms with Gasteiger partial charge in [-0.15, -0.1) is 0 Å². The number of benzene rings is 1. The first-order valence-corrected chi connectivity index (χ1v) is 9.87. The van der Waals surface area contributed by atoms with Gasteiger partial charge in [0.1, 0.15) is 12.6 Å². The van der Waals surface area contributed by atoms with E-state index in [0.717, 1.165) is 36.7 Å². The number of carboxylic acids is 2. The van der Waals surface area contributed by atoms with E-state index in [1.54, 1.807) is 10.8 Å². The number of para-hydroxylation sites is 1. The summed E-state index contributed by atoms with van der Waals surface area (Å²) in [4.78, 5) is 25.9. The van der Waals surface area contributed by atoms with Gasteiger partial charge in [-0.05, 0) is 36.2 Å². The lowest BCUT2D eigenvalue weighted by Crippen LogP contribution is -2.39. The SMILES string of the molecule is CC1(C)C[C@@H]2C[C@@](C)(CN2[C@H](C(=O)O)c2cn(CC(=O)O)c3ccccc23)C1. The lowest BCUT2D eigenvalue weighted by atomic mass is 9.65. The summed E-state index contributed by atoms with van der Waals surface area (Å²) in [6.07, 6.45) is 4.83. The third kappa shape index (κ3) is 3.20. The normalized spacial score (nSPS) is 27.8. The molecule has 1 aliphatic heterocycles. The second-order valence-corrected chi connectivity index (χ2v) is 9.75. The zero-order chi connectivity index (χ0) is 20.3. The average molecular weight is 384 g/mol. The van der Waals surface area contributed by atoms with Gasteiger partial charge in [-0.3, -0.25) is 14.5 Å². The Morgan fingerprint density at radius 2 is 1.89 bits per heavy atom. The molecule has 1 saturated carbocycles. The van der Waals surface area contributed by atoms with Crippen LogP contribution < -0.4 is 0 Å². The summed E-state index contributed by atoms with van der Waals surface area (Å²) in [5, 5.41) is 20.3. The fourth-order valence-corrected chi connectivity index (χ4v) is 6.03. The van der Waals surface area contributed by atoms with Crippen LogP contribution in [0.5, 0.6) is 0 Å². The summed E-state index contributed by atoms with van der Waals surface area (Å²) >= 11 is 0. The van der Waals surface area contributed by atoms with E-state index in [9.17, 15) is 19.8 Å². The summed E-state index contributed by atoms with van der Waals surface area (Å²) in [5.41, 5.74) is 1.78. The summed E-state index contributed by atoms with van der Waals surface area (Å²) in [7, 11) is 0. The molecule has 150 valence electrons. The molecule has 6 heteroatoms. The van der Waals surface area contributed by atoms with E-state index >= 15 is 0 Å². The molecule has 3 atom stereocenters. The lowest BCUT2D eigenvalue weighted by molar-refractivity contribution is -0.144. The predicted octanol–water partition coefficient (Wildman–Crippen LogP) is 3.75. The minimum absolute atomic E-state index is 0.125. The van der Waals surface area contributed by atoms with Crippen LogP contribution >= 0.6 is 0 Å². The van der Waals surface area contributed by atoms with Crippen molar-refractivity contribution in [2.24, 2.45) is 10.8 Å². The van der Waals surface area contributed by atoms with Crippen LogP contribution in [0.2, 0.25) is 0 Å². The molecule has 28 heavy (non-hydrogen) atoms. The smallest absolute Gasteiger partial charge is 0.325 e. The fourth-order valence-electron chi connectivity index (χ4n) is 6.03. The van der Waals surface area contributed by atoms with Crippen LogP contribution in [0.25, 0.3) is 10.9 Å². The molecule has 1 aliphatic carbocycles. The van der Waals surface area contributed by atoms with Gasteiger partial charge < -0.3 is 14.8 Å². The van der Waals surface area contributed by atoms with Crippen molar-refractivity contribution in [3.8, 4) is 0 Å². The highest BCUT2D eigenvalue weighted by Crippen LogP contribution is 2.54. The van der Waals surface area contributed by atoms with Crippen LogP contribution in [0.4, 0.5) is 0 Å². The molecule has 2 fully saturated rings. The number of carboxylic acid groups (broad SMARTS) is 2. The Morgan fingerprint density at radius 3 is 2.57 bits per heavy atom. The Balaban J connectivity index is 1.80. The van der Waals surface area contributed by atoms with E-state index in [0.29, 0.717) is 5.56 Å². The largest absolute Gasteiger partial charge is 0.480 e. The summed E-state index contributed by atoms with van der Waals surface area (Å²) < 4.78 is 1.65. The van der Waals surface area contributed by atoms with E-state index in [4.69, 9.17) is 0 Å². The molecule has 1 aromatic carbocycles. The number of likely N-dealkylation sites (tertiary alicyclic amines) is 1. The summed E-state index contributed by atoms with van der Waals surface area (Å²) in [6, 6.07) is 6.95. The number of carbonyl (C=O) groups is 2. The molecule has 1 saturated heterocycles. The Hall–Kier alpha value is -2.34. The van der Waals surface area contributed by atoms with Crippen molar-refractivity contribution in [2.45, 2.75) is 58.7 Å². The average Bonchev–Trinajstić information content (AvgIpc) is 3.02. The molecule has 2 aromatic rings. The number of hydrogen-bond donors (Lipinski definition) is 2. The molecule has 0 spiro atoms. The molecule has 6 nitrogen and oxygen atoms in total. The summed E-state index contributed by atoms with van der Waals surface area (Å²) in [6.45, 7) is 7.40. The molecular weight excluding hydrogens is 356 g/mol. The van der Waals surface area contributed by atoms with Crippen molar-refractivity contribution < 1.29 is 19.8 Å². The first-order valence-electron chi connectivity index (χ1n) is 9.87. The van der Waals surface area contributed by atoms with Crippen LogP contribution in [0, 0.1) is 10.8 Å². The molecule has 0 radical (unpaired) electrons. The molecule has 2 bridgehead atoms. The van der Waals surface area contributed by atoms with E-state index in [2.05, 4.69) is 25.7 Å². The zero-order valence-corrected chi connectivity index (χ0v) is 16.7. The quantitative estimate of drug-likeness (QED) is 0.820. The third-order valence-corrected chi connectivity index (χ3v) is 6.44. The minimum Gasteiger partial charge on any atom is -0.480 e. The maximum atomic E-state index is 12.4. The minimum atomic E-state index is -0.939. The van der Waals surface area contributed by atoms with Crippen molar-refractivity contribution in [2.75, 3.05) is 6.54 Å². The van der Waals surface area contributed by atoms with Gasteiger partial charge in [0.15, 0.2) is 0 Å². The van der Waals surface area contributed by atoms with E-state index in [1.165, 1.54) is 0 Å². The highest BCUT2D eigenvalue weighted by atomic mass is 16.4. The van der Waals surface area contributed by atoms with Gasteiger partial charge in [0.05, 0.1) is 0 Å². The number of aliphatic carboxylic acids is 2. The number of nitrogens with zero attached hydrogens (tertiary/aromatic N) is 2. The first kappa shape index (κ1) is 19.0. The molecular formula is C22H28N2O4. The molecule has 4 rings (SSSR count). The number of hydrogen-bond acceptors (Lipinski definition) is 3. The van der Waals surface area contributed by atoms with Crippen molar-refractivity contribution in [1.29, 1.82) is 0 Å². The van der Waals surface area contributed by atoms with Gasteiger partial charge in [-0.1, -0.05) is 39.0 Å². The lowest BCUT2D eigenvalue weighted by Gasteiger charge is -2.40. The number of fused-ring (bicyclic) bond motifs is 3. The second kappa shape index (κ2) is 6.34. The van der Waals surface area contributed by atoms with Gasteiger partial charge in [0.25, 0.3) is 0 Å². The molecule has 2 aliphatic rings. The van der Waals surface area contributed by atoms with Crippen molar-refractivity contribution in [3.05, 3.63) is 36.0 Å². The standard InChI is InChI=1S/C22H28N2O4/c1-21(2)8-14-9-22(3,12-21)13-24(14)19(20(27)28)16-10-23(11-18(25)26)17-7-5-4-6-15(16)17/h4-7,10,14,19H,8-9,11-13H2,1-3H3,(H,25,26)(H,27,28)/t14-,19+,22-/m1/s1. The highest BCUT2D eigenvalue weighted by Gasteiger charge is 2.52. The Morgan fingerprint density at radius 1 is 1.18 bits per heavy atom. The Kier molecular flexibility index (Phi) is 4.30. The number of aromatic nitrogens is 1. The summed E-state index contributed by atoms with van der Waals surface area (Å²) in [5.74, 6) is -1.81. The van der Waals surface area contributed by atoms with Gasteiger partial charge in [0.2, 0.25) is 0 Å². The molecule has 2 N–H and O–H groups in total. The van der Waals surface area contributed by atoms with Crippen LogP contribution in [0.1, 0.15) is 51.6 Å². The van der Waals surface area contributed by atoms with E-state index in [1.807, 2.05) is 24.3 Å². The molecule has 2 heterocycles.